The number of fused-ring (bicyclic) bond motifs is 1. The van der Waals surface area contributed by atoms with Crippen LogP contribution in [0.5, 0.6) is 0 Å². The van der Waals surface area contributed by atoms with Crippen molar-refractivity contribution in [1.29, 1.82) is 0 Å². The molecule has 0 spiro atoms. The SMILES string of the molecule is O=C(CS)NCCCCCC(=O)NC1=NC(c2ccc3ccccc3c2)=CCS1. The number of thiol groups is 1. The molecule has 152 valence electrons. The Hall–Kier alpha value is -2.25. The smallest absolute Gasteiger partial charge is 0.229 e. The van der Waals surface area contributed by atoms with Gasteiger partial charge in [-0.05, 0) is 35.8 Å². The van der Waals surface area contributed by atoms with E-state index < -0.39 is 0 Å². The van der Waals surface area contributed by atoms with Gasteiger partial charge in [-0.25, -0.2) is 4.99 Å². The second-order valence-electron chi connectivity index (χ2n) is 6.75. The third-order valence-electron chi connectivity index (χ3n) is 4.56. The molecule has 0 fully saturated rings. The Labute approximate surface area is 180 Å². The lowest BCUT2D eigenvalue weighted by Gasteiger charge is -2.14. The molecule has 0 aromatic heterocycles. The van der Waals surface area contributed by atoms with Crippen molar-refractivity contribution in [2.45, 2.75) is 25.7 Å². The first-order valence-electron chi connectivity index (χ1n) is 9.74. The zero-order valence-corrected chi connectivity index (χ0v) is 17.9. The molecule has 0 radical (unpaired) electrons. The minimum Gasteiger partial charge on any atom is -0.355 e. The Morgan fingerprint density at radius 2 is 1.86 bits per heavy atom. The Bertz CT molecular complexity index is 941. The number of rotatable bonds is 8. The third-order valence-corrected chi connectivity index (χ3v) is 5.64. The number of unbranched alkanes of at least 4 members (excludes halogenated alkanes) is 2. The minimum absolute atomic E-state index is 0.0181. The second kappa shape index (κ2) is 11.1. The van der Waals surface area contributed by atoms with Crippen LogP contribution in [0.15, 0.2) is 53.5 Å². The van der Waals surface area contributed by atoms with E-state index in [4.69, 9.17) is 0 Å². The molecule has 2 aromatic rings. The summed E-state index contributed by atoms with van der Waals surface area (Å²) in [6, 6.07) is 14.5. The molecule has 0 aliphatic carbocycles. The molecule has 0 saturated carbocycles. The highest BCUT2D eigenvalue weighted by molar-refractivity contribution is 8.14. The van der Waals surface area contributed by atoms with Gasteiger partial charge in [-0.2, -0.15) is 12.6 Å². The number of nitrogens with zero attached hydrogens (tertiary/aromatic N) is 1. The van der Waals surface area contributed by atoms with E-state index in [1.807, 2.05) is 12.1 Å². The van der Waals surface area contributed by atoms with Gasteiger partial charge in [0, 0.05) is 24.3 Å². The highest BCUT2D eigenvalue weighted by Crippen LogP contribution is 2.26. The van der Waals surface area contributed by atoms with E-state index in [2.05, 4.69) is 64.7 Å². The average Bonchev–Trinajstić information content (AvgIpc) is 2.75. The fourth-order valence-electron chi connectivity index (χ4n) is 3.03. The van der Waals surface area contributed by atoms with Crippen LogP contribution in [-0.4, -0.2) is 35.0 Å². The number of aliphatic imine (C=N–C) groups is 1. The summed E-state index contributed by atoms with van der Waals surface area (Å²) in [5, 5.41) is 8.73. The maximum absolute atomic E-state index is 12.2. The van der Waals surface area contributed by atoms with Gasteiger partial charge in [-0.1, -0.05) is 54.6 Å². The predicted octanol–water partition coefficient (Wildman–Crippen LogP) is 4.01. The van der Waals surface area contributed by atoms with Gasteiger partial charge in [-0.3, -0.25) is 9.59 Å². The van der Waals surface area contributed by atoms with E-state index in [0.717, 1.165) is 36.3 Å². The molecular weight excluding hydrogens is 402 g/mol. The summed E-state index contributed by atoms with van der Waals surface area (Å²) in [5.41, 5.74) is 1.95. The number of benzene rings is 2. The molecule has 29 heavy (non-hydrogen) atoms. The van der Waals surface area contributed by atoms with E-state index in [1.165, 1.54) is 22.5 Å². The summed E-state index contributed by atoms with van der Waals surface area (Å²) < 4.78 is 0. The van der Waals surface area contributed by atoms with Gasteiger partial charge in [0.2, 0.25) is 11.8 Å². The summed E-state index contributed by atoms with van der Waals surface area (Å²) in [5.74, 6) is 0.910. The number of hydrogen-bond donors (Lipinski definition) is 3. The summed E-state index contributed by atoms with van der Waals surface area (Å²) in [7, 11) is 0. The zero-order chi connectivity index (χ0) is 20.5. The van der Waals surface area contributed by atoms with Crippen LogP contribution in [0.1, 0.15) is 31.2 Å². The summed E-state index contributed by atoms with van der Waals surface area (Å²) in [4.78, 5) is 27.9. The normalized spacial score (nSPS) is 13.6. The van der Waals surface area contributed by atoms with E-state index in [1.54, 1.807) is 0 Å². The predicted molar refractivity (Wildman–Crippen MR) is 125 cm³/mol. The Morgan fingerprint density at radius 1 is 1.03 bits per heavy atom. The lowest BCUT2D eigenvalue weighted by atomic mass is 10.1. The largest absolute Gasteiger partial charge is 0.355 e. The number of amidine groups is 1. The van der Waals surface area contributed by atoms with Crippen LogP contribution in [0.3, 0.4) is 0 Å². The molecule has 2 aromatic carbocycles. The van der Waals surface area contributed by atoms with Crippen molar-refractivity contribution >= 4 is 57.8 Å². The lowest BCUT2D eigenvalue weighted by molar-refractivity contribution is -0.120. The molecule has 0 atom stereocenters. The van der Waals surface area contributed by atoms with Gasteiger partial charge in [0.25, 0.3) is 0 Å². The third kappa shape index (κ3) is 6.65. The first kappa shape index (κ1) is 21.5. The molecular formula is C22H25N3O2S2. The molecule has 1 aliphatic heterocycles. The molecule has 7 heteroatoms. The van der Waals surface area contributed by atoms with Crippen LogP contribution in [0.2, 0.25) is 0 Å². The minimum atomic E-state index is -0.0614. The van der Waals surface area contributed by atoms with Gasteiger partial charge in [0.15, 0.2) is 5.17 Å². The molecule has 1 heterocycles. The molecule has 2 N–H and O–H groups in total. The number of nitrogens with one attached hydrogen (secondary N) is 2. The van der Waals surface area contributed by atoms with Crippen molar-refractivity contribution in [2.75, 3.05) is 18.1 Å². The fourth-order valence-corrected chi connectivity index (χ4v) is 3.89. The number of carbonyl (C=O) groups excluding carboxylic acids is 2. The van der Waals surface area contributed by atoms with Gasteiger partial charge in [-0.15, -0.1) is 0 Å². The molecule has 0 saturated heterocycles. The molecule has 2 amide bonds. The van der Waals surface area contributed by atoms with Crippen molar-refractivity contribution < 1.29 is 9.59 Å². The van der Waals surface area contributed by atoms with Gasteiger partial charge in [0.05, 0.1) is 11.4 Å². The fraction of sp³-hybridized carbons (Fsp3) is 0.318. The highest BCUT2D eigenvalue weighted by atomic mass is 32.2. The highest BCUT2D eigenvalue weighted by Gasteiger charge is 2.13. The van der Waals surface area contributed by atoms with Gasteiger partial charge >= 0.3 is 0 Å². The Morgan fingerprint density at radius 3 is 2.69 bits per heavy atom. The quantitative estimate of drug-likeness (QED) is 0.440. The van der Waals surface area contributed by atoms with Crippen LogP contribution in [0.4, 0.5) is 0 Å². The second-order valence-corrected chi connectivity index (χ2v) is 8.07. The number of hydrogen-bond acceptors (Lipinski definition) is 5. The van der Waals surface area contributed by atoms with Crippen LogP contribution in [0.25, 0.3) is 16.5 Å². The van der Waals surface area contributed by atoms with Crippen LogP contribution >= 0.6 is 24.4 Å². The first-order chi connectivity index (χ1) is 14.2. The number of thioether (sulfide) groups is 1. The molecule has 0 bridgehead atoms. The summed E-state index contributed by atoms with van der Waals surface area (Å²) >= 11 is 5.45. The van der Waals surface area contributed by atoms with E-state index in [-0.39, 0.29) is 17.6 Å². The summed E-state index contributed by atoms with van der Waals surface area (Å²) in [6.45, 7) is 0.628. The van der Waals surface area contributed by atoms with Crippen molar-refractivity contribution in [3.8, 4) is 0 Å². The van der Waals surface area contributed by atoms with Crippen molar-refractivity contribution in [1.82, 2.24) is 10.6 Å². The monoisotopic (exact) mass is 427 g/mol. The van der Waals surface area contributed by atoms with E-state index in [9.17, 15) is 9.59 Å². The van der Waals surface area contributed by atoms with E-state index in [0.29, 0.717) is 18.1 Å². The topological polar surface area (TPSA) is 70.6 Å². The van der Waals surface area contributed by atoms with Crippen molar-refractivity contribution in [2.24, 2.45) is 4.99 Å². The standard InChI is InChI=1S/C22H25N3O2S2/c26-20(8-2-1-5-12-23-21(27)15-28)25-22-24-19(11-13-29-22)18-10-9-16-6-3-4-7-17(16)14-18/h3-4,6-7,9-11,14,28H,1-2,5,8,12-13,15H2,(H,23,27)(H,24,25,26). The van der Waals surface area contributed by atoms with Gasteiger partial charge < -0.3 is 10.6 Å². The Balaban J connectivity index is 1.48. The molecule has 0 unspecified atom stereocenters. The number of carbonyl (C=O) groups is 2. The van der Waals surface area contributed by atoms with Crippen molar-refractivity contribution in [3.63, 3.8) is 0 Å². The van der Waals surface area contributed by atoms with Crippen LogP contribution in [-0.2, 0) is 9.59 Å². The average molecular weight is 428 g/mol. The first-order valence-corrected chi connectivity index (χ1v) is 11.4. The number of amides is 2. The molecule has 3 rings (SSSR count). The summed E-state index contributed by atoms with van der Waals surface area (Å²) in [6.07, 6.45) is 5.08. The molecule has 5 nitrogen and oxygen atoms in total. The lowest BCUT2D eigenvalue weighted by Crippen LogP contribution is -2.29. The van der Waals surface area contributed by atoms with Crippen LogP contribution in [0, 0.1) is 0 Å². The van der Waals surface area contributed by atoms with E-state index >= 15 is 0 Å². The van der Waals surface area contributed by atoms with Gasteiger partial charge in [0.1, 0.15) is 0 Å². The molecule has 1 aliphatic rings. The zero-order valence-electron chi connectivity index (χ0n) is 16.2. The maximum Gasteiger partial charge on any atom is 0.229 e. The van der Waals surface area contributed by atoms with Crippen molar-refractivity contribution in [3.05, 3.63) is 54.1 Å². The van der Waals surface area contributed by atoms with Crippen LogP contribution < -0.4 is 10.6 Å². The maximum atomic E-state index is 12.2. The Kier molecular flexibility index (Phi) is 8.19.